The van der Waals surface area contributed by atoms with Gasteiger partial charge in [0.15, 0.2) is 0 Å². The first-order chi connectivity index (χ1) is 10.9. The van der Waals surface area contributed by atoms with E-state index in [1.807, 2.05) is 6.92 Å². The molecule has 0 saturated heterocycles. The van der Waals surface area contributed by atoms with E-state index in [4.69, 9.17) is 0 Å². The number of nitrogens with zero attached hydrogens (tertiary/aromatic N) is 2. The number of nitrogens with one attached hydrogen (secondary N) is 2. The number of hydrogen-bond donors (Lipinski definition) is 3. The second-order valence-electron chi connectivity index (χ2n) is 5.36. The molecule has 1 aromatic carbocycles. The van der Waals surface area contributed by atoms with Crippen molar-refractivity contribution >= 4 is 22.6 Å². The highest BCUT2D eigenvalue weighted by molar-refractivity contribution is 5.90. The fourth-order valence-corrected chi connectivity index (χ4v) is 2.42. The maximum atomic E-state index is 12.5. The van der Waals surface area contributed by atoms with E-state index < -0.39 is 0 Å². The summed E-state index contributed by atoms with van der Waals surface area (Å²) in [5.74, 6) is 0.243. The Kier molecular flexibility index (Phi) is 3.61. The molecule has 2 aromatic heterocycles. The maximum Gasteiger partial charge on any atom is 0.263 e. The van der Waals surface area contributed by atoms with Crippen LogP contribution in [0.2, 0.25) is 0 Å². The molecule has 3 N–H and O–H groups in total. The number of H-pyrrole nitrogens is 1. The molecule has 7 nitrogen and oxygen atoms in total. The standard InChI is InChI=1S/C16H16N4O3/c1-9-7-13-15(17-9)18-10(2)20(16(13)23)8-14(22)19-11-3-5-12(21)6-4-11/h3-7,17,21H,8H2,1-2H3,(H,19,22). The number of phenols is 1. The molecule has 23 heavy (non-hydrogen) atoms. The third-order valence-corrected chi connectivity index (χ3v) is 3.52. The van der Waals surface area contributed by atoms with E-state index in [9.17, 15) is 14.7 Å². The summed E-state index contributed by atoms with van der Waals surface area (Å²) in [4.78, 5) is 32.0. The summed E-state index contributed by atoms with van der Waals surface area (Å²) < 4.78 is 1.34. The Hall–Kier alpha value is -3.09. The van der Waals surface area contributed by atoms with Crippen LogP contribution in [0.1, 0.15) is 11.5 Å². The van der Waals surface area contributed by atoms with Crippen LogP contribution in [0.15, 0.2) is 35.1 Å². The van der Waals surface area contributed by atoms with Gasteiger partial charge < -0.3 is 15.4 Å². The molecular formula is C16H16N4O3. The van der Waals surface area contributed by atoms with Crippen LogP contribution in [0.3, 0.4) is 0 Å². The minimum absolute atomic E-state index is 0.118. The molecule has 0 spiro atoms. The van der Waals surface area contributed by atoms with Gasteiger partial charge in [-0.15, -0.1) is 0 Å². The van der Waals surface area contributed by atoms with Crippen molar-refractivity contribution in [2.24, 2.45) is 0 Å². The third-order valence-electron chi connectivity index (χ3n) is 3.52. The monoisotopic (exact) mass is 312 g/mol. The van der Waals surface area contributed by atoms with Gasteiger partial charge in [-0.25, -0.2) is 4.98 Å². The first-order valence-corrected chi connectivity index (χ1v) is 7.09. The summed E-state index contributed by atoms with van der Waals surface area (Å²) in [6.45, 7) is 3.40. The zero-order valence-electron chi connectivity index (χ0n) is 12.8. The van der Waals surface area contributed by atoms with Crippen LogP contribution in [0.25, 0.3) is 11.0 Å². The van der Waals surface area contributed by atoms with Crippen molar-refractivity contribution in [1.29, 1.82) is 0 Å². The molecule has 0 unspecified atom stereocenters. The van der Waals surface area contributed by atoms with Crippen molar-refractivity contribution in [2.45, 2.75) is 20.4 Å². The maximum absolute atomic E-state index is 12.5. The van der Waals surface area contributed by atoms with E-state index in [1.165, 1.54) is 16.7 Å². The van der Waals surface area contributed by atoms with E-state index in [-0.39, 0.29) is 23.8 Å². The van der Waals surface area contributed by atoms with E-state index in [0.29, 0.717) is 22.5 Å². The largest absolute Gasteiger partial charge is 0.508 e. The summed E-state index contributed by atoms with van der Waals surface area (Å²) in [7, 11) is 0. The van der Waals surface area contributed by atoms with Gasteiger partial charge in [0.05, 0.1) is 5.39 Å². The number of rotatable bonds is 3. The zero-order chi connectivity index (χ0) is 16.6. The lowest BCUT2D eigenvalue weighted by Crippen LogP contribution is -2.30. The quantitative estimate of drug-likeness (QED) is 0.641. The molecule has 3 rings (SSSR count). The number of phenolic OH excluding ortho intramolecular Hbond substituents is 1. The predicted molar refractivity (Wildman–Crippen MR) is 86.6 cm³/mol. The van der Waals surface area contributed by atoms with Gasteiger partial charge in [0.25, 0.3) is 5.56 Å². The number of benzene rings is 1. The first-order valence-electron chi connectivity index (χ1n) is 7.09. The topological polar surface area (TPSA) is 100 Å². The molecule has 0 aliphatic rings. The van der Waals surface area contributed by atoms with Crippen molar-refractivity contribution in [3.05, 3.63) is 52.2 Å². The molecule has 7 heteroatoms. The van der Waals surface area contributed by atoms with E-state index in [0.717, 1.165) is 5.69 Å². The molecule has 1 amide bonds. The van der Waals surface area contributed by atoms with Gasteiger partial charge in [-0.1, -0.05) is 0 Å². The summed E-state index contributed by atoms with van der Waals surface area (Å²) in [6.07, 6.45) is 0. The number of fused-ring (bicyclic) bond motifs is 1. The molecule has 0 atom stereocenters. The highest BCUT2D eigenvalue weighted by Gasteiger charge is 2.13. The lowest BCUT2D eigenvalue weighted by Gasteiger charge is -2.10. The Bertz CT molecular complexity index is 938. The fraction of sp³-hybridized carbons (Fsp3) is 0.188. The van der Waals surface area contributed by atoms with Crippen LogP contribution in [-0.2, 0) is 11.3 Å². The lowest BCUT2D eigenvalue weighted by atomic mass is 10.3. The number of amides is 1. The van der Waals surface area contributed by atoms with E-state index in [1.54, 1.807) is 25.1 Å². The van der Waals surface area contributed by atoms with Crippen molar-refractivity contribution in [3.63, 3.8) is 0 Å². The number of aromatic hydroxyl groups is 1. The van der Waals surface area contributed by atoms with Crippen LogP contribution in [-0.4, -0.2) is 25.5 Å². The highest BCUT2D eigenvalue weighted by Crippen LogP contribution is 2.14. The fourth-order valence-electron chi connectivity index (χ4n) is 2.42. The van der Waals surface area contributed by atoms with Crippen LogP contribution >= 0.6 is 0 Å². The van der Waals surface area contributed by atoms with Crippen molar-refractivity contribution in [2.75, 3.05) is 5.32 Å². The molecule has 0 aliphatic heterocycles. The summed E-state index contributed by atoms with van der Waals surface area (Å²) in [5, 5.41) is 12.4. The molecule has 118 valence electrons. The summed E-state index contributed by atoms with van der Waals surface area (Å²) in [5.41, 5.74) is 1.67. The Balaban J connectivity index is 1.87. The molecule has 2 heterocycles. The lowest BCUT2D eigenvalue weighted by molar-refractivity contribution is -0.116. The Morgan fingerprint density at radius 3 is 2.70 bits per heavy atom. The third kappa shape index (κ3) is 2.94. The van der Waals surface area contributed by atoms with Crippen LogP contribution in [0.4, 0.5) is 5.69 Å². The van der Waals surface area contributed by atoms with Crippen LogP contribution < -0.4 is 10.9 Å². The molecule has 0 fully saturated rings. The van der Waals surface area contributed by atoms with Gasteiger partial charge in [-0.2, -0.15) is 0 Å². The Morgan fingerprint density at radius 1 is 1.30 bits per heavy atom. The zero-order valence-corrected chi connectivity index (χ0v) is 12.8. The minimum atomic E-state index is -0.339. The molecular weight excluding hydrogens is 296 g/mol. The van der Waals surface area contributed by atoms with Crippen LogP contribution in [0.5, 0.6) is 5.75 Å². The summed E-state index contributed by atoms with van der Waals surface area (Å²) >= 11 is 0. The molecule has 0 saturated carbocycles. The normalized spacial score (nSPS) is 10.9. The number of carbonyl (C=O) groups excluding carboxylic acids is 1. The average Bonchev–Trinajstić information content (AvgIpc) is 2.86. The van der Waals surface area contributed by atoms with E-state index >= 15 is 0 Å². The number of aromatic nitrogens is 3. The predicted octanol–water partition coefficient (Wildman–Crippen LogP) is 1.69. The van der Waals surface area contributed by atoms with Gasteiger partial charge in [-0.05, 0) is 44.2 Å². The van der Waals surface area contributed by atoms with Crippen LogP contribution in [0, 0.1) is 13.8 Å². The number of hydrogen-bond acceptors (Lipinski definition) is 4. The van der Waals surface area contributed by atoms with Crippen molar-refractivity contribution in [3.8, 4) is 5.75 Å². The number of aryl methyl sites for hydroxylation is 2. The first kappa shape index (κ1) is 14.8. The summed E-state index contributed by atoms with van der Waals surface area (Å²) in [6, 6.07) is 7.84. The van der Waals surface area contributed by atoms with Crippen molar-refractivity contribution < 1.29 is 9.90 Å². The van der Waals surface area contributed by atoms with Gasteiger partial charge in [0.2, 0.25) is 5.91 Å². The smallest absolute Gasteiger partial charge is 0.263 e. The SMILES string of the molecule is Cc1cc2c(=O)n(CC(=O)Nc3ccc(O)cc3)c(C)nc2[nH]1. The molecule has 0 aliphatic carbocycles. The molecule has 0 radical (unpaired) electrons. The number of carbonyl (C=O) groups is 1. The second-order valence-corrected chi connectivity index (χ2v) is 5.36. The Morgan fingerprint density at radius 2 is 2.00 bits per heavy atom. The molecule has 3 aromatic rings. The number of anilines is 1. The van der Waals surface area contributed by atoms with Gasteiger partial charge in [-0.3, -0.25) is 14.2 Å². The highest BCUT2D eigenvalue weighted by atomic mass is 16.3. The minimum Gasteiger partial charge on any atom is -0.508 e. The van der Waals surface area contributed by atoms with Gasteiger partial charge >= 0.3 is 0 Å². The van der Waals surface area contributed by atoms with Gasteiger partial charge in [0, 0.05) is 11.4 Å². The van der Waals surface area contributed by atoms with E-state index in [2.05, 4.69) is 15.3 Å². The molecule has 0 bridgehead atoms. The average molecular weight is 312 g/mol. The number of aromatic amines is 1. The van der Waals surface area contributed by atoms with Crippen molar-refractivity contribution in [1.82, 2.24) is 14.5 Å². The van der Waals surface area contributed by atoms with Gasteiger partial charge in [0.1, 0.15) is 23.8 Å². The second kappa shape index (κ2) is 5.60. The Labute approximate surface area is 131 Å².